The number of nitrogens with zero attached hydrogens (tertiary/aromatic N) is 3. The van der Waals surface area contributed by atoms with Gasteiger partial charge in [-0.2, -0.15) is 18.3 Å². The Balaban J connectivity index is 1.78. The maximum Gasteiger partial charge on any atom is 0.416 e. The number of sulfone groups is 1. The number of alkyl halides is 3. The molecule has 10 heteroatoms. The van der Waals surface area contributed by atoms with Crippen molar-refractivity contribution in [2.75, 3.05) is 11.5 Å². The van der Waals surface area contributed by atoms with Gasteiger partial charge < -0.3 is 5.11 Å². The third kappa shape index (κ3) is 3.45. The topological polar surface area (TPSA) is 85.1 Å². The molecule has 1 saturated heterocycles. The van der Waals surface area contributed by atoms with Gasteiger partial charge in [-0.15, -0.1) is 0 Å². The lowest BCUT2D eigenvalue weighted by atomic mass is 10.00. The van der Waals surface area contributed by atoms with Crippen LogP contribution < -0.4 is 0 Å². The first-order valence-electron chi connectivity index (χ1n) is 8.87. The molecule has 6 nitrogen and oxygen atoms in total. The molecular formula is C19H18F3N3O3S. The van der Waals surface area contributed by atoms with Gasteiger partial charge in [0.05, 0.1) is 28.3 Å². The highest BCUT2D eigenvalue weighted by atomic mass is 32.2. The lowest BCUT2D eigenvalue weighted by molar-refractivity contribution is -0.137. The van der Waals surface area contributed by atoms with Gasteiger partial charge >= 0.3 is 6.18 Å². The van der Waals surface area contributed by atoms with Crippen molar-refractivity contribution in [2.45, 2.75) is 32.0 Å². The predicted molar refractivity (Wildman–Crippen MR) is 101 cm³/mol. The van der Waals surface area contributed by atoms with Gasteiger partial charge in [0.2, 0.25) is 0 Å². The van der Waals surface area contributed by atoms with Gasteiger partial charge in [-0.25, -0.2) is 13.4 Å². The molecule has 1 fully saturated rings. The zero-order chi connectivity index (χ0) is 21.2. The van der Waals surface area contributed by atoms with Gasteiger partial charge in [-0.3, -0.25) is 4.68 Å². The number of aromatic hydroxyl groups is 1. The number of halogens is 3. The van der Waals surface area contributed by atoms with Crippen LogP contribution in [-0.2, 0) is 21.6 Å². The number of phenols is 1. The minimum absolute atomic E-state index is 0.0142. The molecule has 1 unspecified atom stereocenters. The summed E-state index contributed by atoms with van der Waals surface area (Å²) < 4.78 is 64.2. The second-order valence-corrected chi connectivity index (χ2v) is 9.89. The average molecular weight is 425 g/mol. The molecule has 0 radical (unpaired) electrons. The molecule has 0 amide bonds. The molecule has 1 aliphatic rings. The second kappa shape index (κ2) is 6.19. The first-order valence-corrected chi connectivity index (χ1v) is 10.7. The van der Waals surface area contributed by atoms with E-state index in [9.17, 15) is 26.7 Å². The highest BCUT2D eigenvalue weighted by Crippen LogP contribution is 2.39. The summed E-state index contributed by atoms with van der Waals surface area (Å²) in [5, 5.41) is 15.3. The highest BCUT2D eigenvalue weighted by molar-refractivity contribution is 7.91. The Bertz CT molecular complexity index is 1210. The monoisotopic (exact) mass is 425 g/mol. The fraction of sp³-hybridized carbons (Fsp3) is 0.368. The summed E-state index contributed by atoms with van der Waals surface area (Å²) in [7, 11) is -3.12. The van der Waals surface area contributed by atoms with Crippen LogP contribution in [0.2, 0.25) is 0 Å². The molecular weight excluding hydrogens is 407 g/mol. The van der Waals surface area contributed by atoms with Gasteiger partial charge in [0, 0.05) is 17.1 Å². The Kier molecular flexibility index (Phi) is 4.20. The van der Waals surface area contributed by atoms with Crippen molar-refractivity contribution in [3.05, 3.63) is 41.6 Å². The van der Waals surface area contributed by atoms with Crippen LogP contribution in [0.1, 0.15) is 24.5 Å². The summed E-state index contributed by atoms with van der Waals surface area (Å²) in [4.78, 5) is 4.40. The van der Waals surface area contributed by atoms with Crippen LogP contribution >= 0.6 is 0 Å². The zero-order valence-corrected chi connectivity index (χ0v) is 16.5. The van der Waals surface area contributed by atoms with Crippen LogP contribution in [0.5, 0.6) is 5.75 Å². The quantitative estimate of drug-likeness (QED) is 0.677. The molecule has 0 aliphatic carbocycles. The lowest BCUT2D eigenvalue weighted by Gasteiger charge is -2.22. The number of fused-ring (bicyclic) bond motifs is 1. The molecule has 2 aromatic heterocycles. The van der Waals surface area contributed by atoms with Gasteiger partial charge in [-0.05, 0) is 50.1 Å². The number of rotatable bonds is 2. The molecule has 154 valence electrons. The van der Waals surface area contributed by atoms with Crippen molar-refractivity contribution in [2.24, 2.45) is 0 Å². The number of hydrogen-bond acceptors (Lipinski definition) is 5. The Morgan fingerprint density at radius 3 is 2.55 bits per heavy atom. The van der Waals surface area contributed by atoms with Crippen molar-refractivity contribution < 1.29 is 26.7 Å². The van der Waals surface area contributed by atoms with Crippen molar-refractivity contribution in [3.63, 3.8) is 0 Å². The lowest BCUT2D eigenvalue weighted by Crippen LogP contribution is -2.31. The Labute approximate surface area is 164 Å². The SMILES string of the molecule is Cc1cc(C(F)(F)F)cc(O)c1-c1ccc2cn(C3(C)CCS(=O)(=O)C3)nc2n1. The van der Waals surface area contributed by atoms with Gasteiger partial charge in [0.15, 0.2) is 15.5 Å². The van der Waals surface area contributed by atoms with Crippen LogP contribution in [0.15, 0.2) is 30.5 Å². The van der Waals surface area contributed by atoms with E-state index in [1.54, 1.807) is 23.0 Å². The van der Waals surface area contributed by atoms with Crippen LogP contribution in [0.3, 0.4) is 0 Å². The first kappa shape index (κ1) is 19.7. The first-order chi connectivity index (χ1) is 13.4. The number of aryl methyl sites for hydroxylation is 1. The molecule has 4 rings (SSSR count). The molecule has 29 heavy (non-hydrogen) atoms. The van der Waals surface area contributed by atoms with Crippen molar-refractivity contribution in [1.82, 2.24) is 14.8 Å². The van der Waals surface area contributed by atoms with Crippen molar-refractivity contribution in [3.8, 4) is 17.0 Å². The fourth-order valence-corrected chi connectivity index (χ4v) is 5.88. The van der Waals surface area contributed by atoms with E-state index in [4.69, 9.17) is 0 Å². The van der Waals surface area contributed by atoms with Crippen LogP contribution in [0.4, 0.5) is 13.2 Å². The average Bonchev–Trinajstić information content (AvgIpc) is 3.14. The normalized spacial score (nSPS) is 21.7. The summed E-state index contributed by atoms with van der Waals surface area (Å²) in [6, 6.07) is 4.93. The number of hydrogen-bond donors (Lipinski definition) is 1. The van der Waals surface area contributed by atoms with Crippen LogP contribution in [-0.4, -0.2) is 39.8 Å². The standard InChI is InChI=1S/C19H18F3N3O3S/c1-11-7-13(19(20,21)22)8-15(26)16(11)14-4-3-12-9-25(24-17(12)23-14)18(2)5-6-29(27,28)10-18/h3-4,7-9,26H,5-6,10H2,1-2H3. The molecule has 0 spiro atoms. The molecule has 3 aromatic rings. The predicted octanol–water partition coefficient (Wildman–Crippen LogP) is 3.66. The van der Waals surface area contributed by atoms with E-state index in [0.29, 0.717) is 23.5 Å². The number of benzene rings is 1. The van der Waals surface area contributed by atoms with Gasteiger partial charge in [0.1, 0.15) is 5.75 Å². The third-order valence-electron chi connectivity index (χ3n) is 5.30. The van der Waals surface area contributed by atoms with Gasteiger partial charge in [-0.1, -0.05) is 0 Å². The van der Waals surface area contributed by atoms with Crippen LogP contribution in [0.25, 0.3) is 22.3 Å². The second-order valence-electron chi connectivity index (χ2n) is 7.71. The van der Waals surface area contributed by atoms with Crippen molar-refractivity contribution >= 4 is 20.9 Å². The number of phenolic OH excluding ortho intramolecular Hbond substituents is 1. The van der Waals surface area contributed by atoms with E-state index in [-0.39, 0.29) is 28.3 Å². The van der Waals surface area contributed by atoms with Crippen molar-refractivity contribution in [1.29, 1.82) is 0 Å². The Hall–Kier alpha value is -2.62. The third-order valence-corrected chi connectivity index (χ3v) is 7.19. The van der Waals surface area contributed by atoms with E-state index in [2.05, 4.69) is 10.1 Å². The summed E-state index contributed by atoms with van der Waals surface area (Å²) in [6.07, 6.45) is -2.41. The molecule has 3 heterocycles. The molecule has 1 N–H and O–H groups in total. The molecule has 1 aliphatic heterocycles. The molecule has 1 aromatic carbocycles. The maximum absolute atomic E-state index is 12.9. The number of pyridine rings is 1. The minimum Gasteiger partial charge on any atom is -0.507 e. The zero-order valence-electron chi connectivity index (χ0n) is 15.7. The molecule has 1 atom stereocenters. The Morgan fingerprint density at radius 2 is 1.97 bits per heavy atom. The largest absolute Gasteiger partial charge is 0.507 e. The van der Waals surface area contributed by atoms with E-state index in [0.717, 1.165) is 6.07 Å². The summed E-state index contributed by atoms with van der Waals surface area (Å²) in [6.45, 7) is 3.29. The van der Waals surface area contributed by atoms with E-state index in [1.807, 2.05) is 6.92 Å². The van der Waals surface area contributed by atoms with Crippen LogP contribution in [0, 0.1) is 6.92 Å². The van der Waals surface area contributed by atoms with E-state index in [1.165, 1.54) is 6.92 Å². The Morgan fingerprint density at radius 1 is 1.24 bits per heavy atom. The van der Waals surface area contributed by atoms with E-state index >= 15 is 0 Å². The maximum atomic E-state index is 12.9. The fourth-order valence-electron chi connectivity index (χ4n) is 3.76. The smallest absolute Gasteiger partial charge is 0.416 e. The van der Waals surface area contributed by atoms with E-state index < -0.39 is 32.9 Å². The highest BCUT2D eigenvalue weighted by Gasteiger charge is 2.40. The number of aromatic nitrogens is 3. The minimum atomic E-state index is -4.56. The molecule has 0 saturated carbocycles. The molecule has 0 bridgehead atoms. The summed E-state index contributed by atoms with van der Waals surface area (Å²) in [5.41, 5.74) is -0.563. The van der Waals surface area contributed by atoms with Gasteiger partial charge in [0.25, 0.3) is 0 Å². The summed E-state index contributed by atoms with van der Waals surface area (Å²) in [5.74, 6) is -0.436. The summed E-state index contributed by atoms with van der Waals surface area (Å²) >= 11 is 0.